The molecule has 6 rings (SSSR count). The van der Waals surface area contributed by atoms with Gasteiger partial charge in [-0.25, -0.2) is 4.79 Å². The fourth-order valence-electron chi connectivity index (χ4n) is 6.03. The van der Waals surface area contributed by atoms with Crippen molar-refractivity contribution in [2.24, 2.45) is 5.92 Å². The largest absolute Gasteiger partial charge is 0.494 e. The summed E-state index contributed by atoms with van der Waals surface area (Å²) in [7, 11) is 0. The number of aliphatic hydroxyl groups is 1. The number of H-pyrrole nitrogens is 1. The third kappa shape index (κ3) is 5.82. The maximum atomic E-state index is 13.5. The minimum atomic E-state index is -0.422. The molecule has 0 aliphatic carbocycles. The Morgan fingerprint density at radius 1 is 0.976 bits per heavy atom. The Morgan fingerprint density at radius 3 is 2.49 bits per heavy atom. The Labute approximate surface area is 239 Å². The van der Waals surface area contributed by atoms with Crippen molar-refractivity contribution in [3.8, 4) is 11.5 Å². The molecule has 9 nitrogen and oxygen atoms in total. The summed E-state index contributed by atoms with van der Waals surface area (Å²) in [4.78, 5) is 21.2. The number of likely N-dealkylation sites (tertiary alicyclic amines) is 1. The Balaban J connectivity index is 1.20. The molecule has 2 aliphatic rings. The van der Waals surface area contributed by atoms with Crippen LogP contribution in [0.1, 0.15) is 35.7 Å². The van der Waals surface area contributed by atoms with E-state index >= 15 is 0 Å². The van der Waals surface area contributed by atoms with Gasteiger partial charge in [-0.05, 0) is 97.4 Å². The van der Waals surface area contributed by atoms with Crippen molar-refractivity contribution in [3.05, 3.63) is 83.6 Å². The summed E-state index contributed by atoms with van der Waals surface area (Å²) in [6, 6.07) is 20.3. The van der Waals surface area contributed by atoms with Crippen LogP contribution in [0.4, 0.5) is 16.2 Å². The molecule has 214 valence electrons. The molecule has 0 bridgehead atoms. The monoisotopic (exact) mass is 555 g/mol. The molecule has 6 N–H and O–H groups in total. The first kappa shape index (κ1) is 27.0. The van der Waals surface area contributed by atoms with Crippen LogP contribution in [0.3, 0.4) is 0 Å². The highest BCUT2D eigenvalue weighted by Gasteiger charge is 2.35. The summed E-state index contributed by atoms with van der Waals surface area (Å²) in [5.74, 6) is 1.64. The molecule has 2 atom stereocenters. The van der Waals surface area contributed by atoms with E-state index in [0.717, 1.165) is 60.4 Å². The van der Waals surface area contributed by atoms with Gasteiger partial charge in [0.1, 0.15) is 17.5 Å². The number of ether oxygens (including phenoxy) is 2. The average Bonchev–Trinajstić information content (AvgIpc) is 3.60. The van der Waals surface area contributed by atoms with Gasteiger partial charge in [-0.15, -0.1) is 0 Å². The normalized spacial score (nSPS) is 18.9. The van der Waals surface area contributed by atoms with Crippen molar-refractivity contribution in [2.45, 2.75) is 25.3 Å². The minimum absolute atomic E-state index is 0.269. The molecular weight excluding hydrogens is 518 g/mol. The van der Waals surface area contributed by atoms with Crippen molar-refractivity contribution in [1.82, 2.24) is 14.8 Å². The number of benzene rings is 3. The van der Waals surface area contributed by atoms with Gasteiger partial charge in [0.05, 0.1) is 6.61 Å². The second-order valence-corrected chi connectivity index (χ2v) is 11.0. The summed E-state index contributed by atoms with van der Waals surface area (Å²) >= 11 is 0. The number of aromatic amines is 1. The van der Waals surface area contributed by atoms with E-state index in [9.17, 15) is 9.90 Å². The number of rotatable bonds is 8. The molecule has 1 fully saturated rings. The molecule has 0 spiro atoms. The van der Waals surface area contributed by atoms with Crippen LogP contribution >= 0.6 is 0 Å². The van der Waals surface area contributed by atoms with Crippen molar-refractivity contribution in [2.75, 3.05) is 50.9 Å². The van der Waals surface area contributed by atoms with E-state index in [1.807, 2.05) is 42.5 Å². The quantitative estimate of drug-likeness (QED) is 0.185. The van der Waals surface area contributed by atoms with Gasteiger partial charge in [0, 0.05) is 54.2 Å². The highest BCUT2D eigenvalue weighted by atomic mass is 16.6. The molecule has 41 heavy (non-hydrogen) atoms. The van der Waals surface area contributed by atoms with Crippen LogP contribution in [0.25, 0.3) is 10.9 Å². The average molecular weight is 556 g/mol. The number of anilines is 2. The number of nitrogens with one attached hydrogen (secondary N) is 1. The third-order valence-electron chi connectivity index (χ3n) is 8.18. The molecule has 9 heteroatoms. The zero-order valence-corrected chi connectivity index (χ0v) is 23.1. The molecule has 1 amide bonds. The number of nitrogen functional groups attached to an aromatic ring is 2. The van der Waals surface area contributed by atoms with E-state index in [-0.39, 0.29) is 12.6 Å². The van der Waals surface area contributed by atoms with E-state index in [4.69, 9.17) is 20.9 Å². The number of nitrogens with two attached hydrogens (primary N) is 2. The second kappa shape index (κ2) is 11.7. The van der Waals surface area contributed by atoms with E-state index in [1.54, 1.807) is 29.2 Å². The molecule has 2 aliphatic heterocycles. The summed E-state index contributed by atoms with van der Waals surface area (Å²) < 4.78 is 11.8. The van der Waals surface area contributed by atoms with Gasteiger partial charge >= 0.3 is 6.09 Å². The van der Waals surface area contributed by atoms with E-state index in [0.29, 0.717) is 42.6 Å². The first-order valence-electron chi connectivity index (χ1n) is 14.3. The third-order valence-corrected chi connectivity index (χ3v) is 8.18. The zero-order chi connectivity index (χ0) is 28.3. The van der Waals surface area contributed by atoms with Gasteiger partial charge < -0.3 is 35.9 Å². The molecular formula is C32H37N5O4. The van der Waals surface area contributed by atoms with Gasteiger partial charge in [0.25, 0.3) is 0 Å². The lowest BCUT2D eigenvalue weighted by Crippen LogP contribution is -2.42. The lowest BCUT2D eigenvalue weighted by Gasteiger charge is -2.35. The van der Waals surface area contributed by atoms with Crippen molar-refractivity contribution in [1.29, 1.82) is 0 Å². The van der Waals surface area contributed by atoms with Gasteiger partial charge in [-0.1, -0.05) is 12.1 Å². The predicted molar refractivity (Wildman–Crippen MR) is 160 cm³/mol. The number of carbonyl (C=O) groups is 1. The number of hydrogen-bond donors (Lipinski definition) is 4. The fraction of sp³-hybridized carbons (Fsp3) is 0.344. The molecule has 0 saturated carbocycles. The highest BCUT2D eigenvalue weighted by molar-refractivity contribution is 5.88. The molecule has 3 heterocycles. The summed E-state index contributed by atoms with van der Waals surface area (Å²) in [6.45, 7) is 4.36. The Kier molecular flexibility index (Phi) is 7.71. The van der Waals surface area contributed by atoms with Crippen LogP contribution < -0.4 is 20.9 Å². The van der Waals surface area contributed by atoms with Gasteiger partial charge in [0.15, 0.2) is 0 Å². The number of nitrogens with zero attached hydrogens (tertiary/aromatic N) is 2. The van der Waals surface area contributed by atoms with E-state index < -0.39 is 6.09 Å². The number of hydrogen-bond acceptors (Lipinski definition) is 7. The molecule has 3 aromatic carbocycles. The first-order valence-corrected chi connectivity index (χ1v) is 14.3. The van der Waals surface area contributed by atoms with Gasteiger partial charge in [-0.2, -0.15) is 0 Å². The smallest absolute Gasteiger partial charge is 0.416 e. The molecule has 1 aromatic heterocycles. The van der Waals surface area contributed by atoms with Gasteiger partial charge in [0.2, 0.25) is 0 Å². The Hall–Kier alpha value is -4.21. The number of aliphatic hydroxyl groups excluding tert-OH is 1. The van der Waals surface area contributed by atoms with Crippen LogP contribution in [0.2, 0.25) is 0 Å². The number of carbonyl (C=O) groups excluding carboxylic acids is 1. The zero-order valence-electron chi connectivity index (χ0n) is 23.1. The molecule has 4 aromatic rings. The second-order valence-electron chi connectivity index (χ2n) is 11.0. The maximum absolute atomic E-state index is 13.5. The minimum Gasteiger partial charge on any atom is -0.494 e. The van der Waals surface area contributed by atoms with E-state index in [1.165, 1.54) is 5.56 Å². The molecule has 0 radical (unpaired) electrons. The Morgan fingerprint density at radius 2 is 1.73 bits per heavy atom. The SMILES string of the molecule is Nc1ccc(OC(=O)N2CCc3c([nH]c4ccc(N)cc34)C2c2ccc(OCCCN3CCC(CO)C3)cc2)cc1. The first-order chi connectivity index (χ1) is 20.0. The van der Waals surface area contributed by atoms with Crippen molar-refractivity contribution < 1.29 is 19.4 Å². The predicted octanol–water partition coefficient (Wildman–Crippen LogP) is 4.56. The van der Waals surface area contributed by atoms with Crippen LogP contribution in [-0.4, -0.2) is 65.4 Å². The lowest BCUT2D eigenvalue weighted by molar-refractivity contribution is 0.135. The standard InChI is InChI=1S/C32H37N5O4/c33-23-4-9-26(10-5-23)41-32(39)37-16-13-27-28-18-24(34)6-11-29(28)35-30(27)31(37)22-2-7-25(8-3-22)40-17-1-14-36-15-12-21(19-36)20-38/h2-11,18,21,31,35,38H,1,12-17,19-20,33-34H2. The van der Waals surface area contributed by atoms with Crippen LogP contribution in [0, 0.1) is 5.92 Å². The van der Waals surface area contributed by atoms with Crippen molar-refractivity contribution >= 4 is 28.4 Å². The van der Waals surface area contributed by atoms with Crippen LogP contribution in [-0.2, 0) is 6.42 Å². The van der Waals surface area contributed by atoms with Gasteiger partial charge in [-0.3, -0.25) is 4.90 Å². The summed E-state index contributed by atoms with van der Waals surface area (Å²) in [5, 5.41) is 10.4. The topological polar surface area (TPSA) is 130 Å². The number of fused-ring (bicyclic) bond motifs is 3. The molecule has 2 unspecified atom stereocenters. The molecule has 1 saturated heterocycles. The number of aromatic nitrogens is 1. The lowest BCUT2D eigenvalue weighted by atomic mass is 9.92. The van der Waals surface area contributed by atoms with Crippen LogP contribution in [0.15, 0.2) is 66.7 Å². The van der Waals surface area contributed by atoms with Crippen LogP contribution in [0.5, 0.6) is 11.5 Å². The highest BCUT2D eigenvalue weighted by Crippen LogP contribution is 2.39. The fourth-order valence-corrected chi connectivity index (χ4v) is 6.03. The Bertz CT molecular complexity index is 1500. The summed E-state index contributed by atoms with van der Waals surface area (Å²) in [5.41, 5.74) is 17.3. The van der Waals surface area contributed by atoms with E-state index in [2.05, 4.69) is 9.88 Å². The maximum Gasteiger partial charge on any atom is 0.416 e. The van der Waals surface area contributed by atoms with Crippen molar-refractivity contribution in [3.63, 3.8) is 0 Å². The summed E-state index contributed by atoms with van der Waals surface area (Å²) in [6.07, 6.45) is 2.25. The number of amides is 1.